The van der Waals surface area contributed by atoms with E-state index in [0.717, 1.165) is 23.7 Å². The van der Waals surface area contributed by atoms with Crippen molar-refractivity contribution in [2.24, 2.45) is 5.41 Å². The van der Waals surface area contributed by atoms with Gasteiger partial charge in [0.1, 0.15) is 30.5 Å². The van der Waals surface area contributed by atoms with Gasteiger partial charge in [-0.2, -0.15) is 0 Å². The molecule has 2 rings (SSSR count). The zero-order valence-electron chi connectivity index (χ0n) is 29.2. The summed E-state index contributed by atoms with van der Waals surface area (Å²) in [7, 11) is 1.62. The lowest BCUT2D eigenvalue weighted by Gasteiger charge is -2.30. The number of ether oxygens (including phenoxy) is 5. The Balaban J connectivity index is 0.000000674. The monoisotopic (exact) mass is 654 g/mol. The van der Waals surface area contributed by atoms with E-state index in [1.54, 1.807) is 7.11 Å². The first-order chi connectivity index (χ1) is 22.0. The lowest BCUT2D eigenvalue weighted by molar-refractivity contribution is -0.0799. The van der Waals surface area contributed by atoms with Gasteiger partial charge in [0.05, 0.1) is 64.6 Å². The number of benzene rings is 2. The van der Waals surface area contributed by atoms with Gasteiger partial charge in [-0.05, 0) is 75.4 Å². The number of hydrogen-bond donors (Lipinski definition) is 5. The smallest absolute Gasteiger partial charge is 0.119 e. The Kier molecular flexibility index (Phi) is 25.2. The maximum atomic E-state index is 9.54. The molecule has 0 bridgehead atoms. The van der Waals surface area contributed by atoms with Gasteiger partial charge in [0, 0.05) is 5.41 Å². The molecule has 0 saturated heterocycles. The Labute approximate surface area is 277 Å². The van der Waals surface area contributed by atoms with E-state index >= 15 is 0 Å². The molecule has 2 aromatic rings. The van der Waals surface area contributed by atoms with Gasteiger partial charge >= 0.3 is 0 Å². The quantitative estimate of drug-likeness (QED) is 0.125. The van der Waals surface area contributed by atoms with Crippen LogP contribution in [0.3, 0.4) is 0 Å². The molecule has 0 aliphatic heterocycles. The lowest BCUT2D eigenvalue weighted by Crippen LogP contribution is -2.37. The standard InChI is InChI=1S/C14H30O5.C11H16O3.C11H16O2/c1-4-12(16)7-18-10-14(6-3,9-15)11-19-8-13(17)5-2;1-3-9(12)8-14-11-6-4-10(13-2)5-7-11;1-3-10(12)8-13-11-6-4-9(2)5-7-11/h12-13,15-17H,4-11H2,1-3H3;4-7,9,12H,3,8H2,1-2H3;4-7,10,12H,3,8H2,1-2H3. The molecule has 0 aliphatic rings. The first-order valence-corrected chi connectivity index (χ1v) is 16.5. The average Bonchev–Trinajstić information content (AvgIpc) is 3.09. The average molecular weight is 655 g/mol. The van der Waals surface area contributed by atoms with Crippen LogP contribution in [0.4, 0.5) is 0 Å². The fourth-order valence-corrected chi connectivity index (χ4v) is 3.43. The summed E-state index contributed by atoms with van der Waals surface area (Å²) in [6.07, 6.45) is 1.77. The van der Waals surface area contributed by atoms with Gasteiger partial charge in [0.25, 0.3) is 0 Å². The first-order valence-electron chi connectivity index (χ1n) is 16.5. The van der Waals surface area contributed by atoms with E-state index in [4.69, 9.17) is 23.7 Å². The number of aryl methyl sites for hydroxylation is 1. The molecule has 0 spiro atoms. The third kappa shape index (κ3) is 20.6. The minimum Gasteiger partial charge on any atom is -0.497 e. The van der Waals surface area contributed by atoms with Gasteiger partial charge < -0.3 is 49.2 Å². The maximum absolute atomic E-state index is 9.54. The van der Waals surface area contributed by atoms with Crippen molar-refractivity contribution >= 4 is 0 Å². The lowest BCUT2D eigenvalue weighted by atomic mass is 9.88. The third-order valence-corrected chi connectivity index (χ3v) is 7.37. The summed E-state index contributed by atoms with van der Waals surface area (Å²) >= 11 is 0. The predicted octanol–water partition coefficient (Wildman–Crippen LogP) is 4.94. The van der Waals surface area contributed by atoms with E-state index in [2.05, 4.69) is 0 Å². The number of hydrogen-bond acceptors (Lipinski definition) is 10. The molecule has 10 nitrogen and oxygen atoms in total. The molecule has 0 aromatic heterocycles. The molecule has 0 heterocycles. The highest BCUT2D eigenvalue weighted by molar-refractivity contribution is 5.31. The number of aliphatic hydroxyl groups excluding tert-OH is 5. The molecule has 4 unspecified atom stereocenters. The Morgan fingerprint density at radius 1 is 0.565 bits per heavy atom. The van der Waals surface area contributed by atoms with Gasteiger partial charge in [0.15, 0.2) is 0 Å². The molecule has 46 heavy (non-hydrogen) atoms. The Morgan fingerprint density at radius 2 is 0.913 bits per heavy atom. The Morgan fingerprint density at radius 3 is 1.24 bits per heavy atom. The van der Waals surface area contributed by atoms with Crippen LogP contribution in [0.1, 0.15) is 72.3 Å². The SMILES string of the molecule is CCC(O)COCC(CC)(CO)COCC(O)CC.CCC(O)COc1ccc(C)cc1.CCC(O)COc1ccc(OC)cc1. The van der Waals surface area contributed by atoms with Gasteiger partial charge in [-0.3, -0.25) is 0 Å². The molecule has 0 radical (unpaired) electrons. The molecule has 5 N–H and O–H groups in total. The van der Waals surface area contributed by atoms with Crippen LogP contribution in [0.2, 0.25) is 0 Å². The summed E-state index contributed by atoms with van der Waals surface area (Å²) < 4.78 is 26.7. The molecule has 2 aromatic carbocycles. The van der Waals surface area contributed by atoms with E-state index in [1.165, 1.54) is 5.56 Å². The van der Waals surface area contributed by atoms with Crippen molar-refractivity contribution in [1.29, 1.82) is 0 Å². The van der Waals surface area contributed by atoms with Crippen molar-refractivity contribution in [3.8, 4) is 17.2 Å². The molecule has 10 heteroatoms. The second-order valence-electron chi connectivity index (χ2n) is 11.4. The summed E-state index contributed by atoms with van der Waals surface area (Å²) in [6.45, 7) is 13.6. The van der Waals surface area contributed by atoms with Crippen molar-refractivity contribution < 1.29 is 49.2 Å². The van der Waals surface area contributed by atoms with Gasteiger partial charge in [0.2, 0.25) is 0 Å². The van der Waals surface area contributed by atoms with Crippen molar-refractivity contribution in [3.63, 3.8) is 0 Å². The van der Waals surface area contributed by atoms with E-state index < -0.39 is 23.7 Å². The Hall–Kier alpha value is -2.44. The molecular weight excluding hydrogens is 592 g/mol. The predicted molar refractivity (Wildman–Crippen MR) is 182 cm³/mol. The van der Waals surface area contributed by atoms with Crippen LogP contribution in [-0.2, 0) is 9.47 Å². The van der Waals surface area contributed by atoms with E-state index in [-0.39, 0.29) is 25.9 Å². The van der Waals surface area contributed by atoms with Gasteiger partial charge in [-0.1, -0.05) is 52.3 Å². The van der Waals surface area contributed by atoms with Crippen LogP contribution < -0.4 is 14.2 Å². The van der Waals surface area contributed by atoms with Crippen molar-refractivity contribution in [1.82, 2.24) is 0 Å². The number of methoxy groups -OCH3 is 1. The maximum Gasteiger partial charge on any atom is 0.119 e. The van der Waals surface area contributed by atoms with Gasteiger partial charge in [-0.15, -0.1) is 0 Å². The van der Waals surface area contributed by atoms with Crippen molar-refractivity contribution in [2.75, 3.05) is 53.4 Å². The van der Waals surface area contributed by atoms with Crippen LogP contribution in [0.5, 0.6) is 17.2 Å². The van der Waals surface area contributed by atoms with Crippen LogP contribution in [0, 0.1) is 12.3 Å². The molecule has 0 fully saturated rings. The van der Waals surface area contributed by atoms with Crippen LogP contribution >= 0.6 is 0 Å². The fourth-order valence-electron chi connectivity index (χ4n) is 3.43. The fraction of sp³-hybridized carbons (Fsp3) is 0.667. The second kappa shape index (κ2) is 26.6. The van der Waals surface area contributed by atoms with E-state index in [0.29, 0.717) is 52.1 Å². The molecular formula is C36H62O10. The molecule has 0 amide bonds. The van der Waals surface area contributed by atoms with Crippen molar-refractivity contribution in [2.45, 2.75) is 98.1 Å². The van der Waals surface area contributed by atoms with E-state index in [9.17, 15) is 25.5 Å². The minimum atomic E-state index is -0.462. The summed E-state index contributed by atoms with van der Waals surface area (Å²) in [5.74, 6) is 2.37. The summed E-state index contributed by atoms with van der Waals surface area (Å²) in [5.41, 5.74) is 0.754. The molecule has 0 aliphatic carbocycles. The van der Waals surface area contributed by atoms with Crippen LogP contribution in [0.25, 0.3) is 0 Å². The van der Waals surface area contributed by atoms with E-state index in [1.807, 2.05) is 90.1 Å². The normalized spacial score (nSPS) is 14.7. The van der Waals surface area contributed by atoms with Crippen LogP contribution in [0.15, 0.2) is 48.5 Å². The second-order valence-corrected chi connectivity index (χ2v) is 11.4. The van der Waals surface area contributed by atoms with Crippen molar-refractivity contribution in [3.05, 3.63) is 54.1 Å². The molecule has 0 saturated carbocycles. The first kappa shape index (κ1) is 43.6. The number of rotatable bonds is 21. The summed E-state index contributed by atoms with van der Waals surface area (Å²) in [5, 5.41) is 46.9. The molecule has 4 atom stereocenters. The van der Waals surface area contributed by atoms with Gasteiger partial charge in [-0.25, -0.2) is 0 Å². The molecule has 266 valence electrons. The number of aliphatic hydroxyl groups is 5. The topological polar surface area (TPSA) is 147 Å². The highest BCUT2D eigenvalue weighted by atomic mass is 16.5. The zero-order chi connectivity index (χ0) is 34.8. The highest BCUT2D eigenvalue weighted by Gasteiger charge is 2.29. The summed E-state index contributed by atoms with van der Waals surface area (Å²) in [6, 6.07) is 15.1. The minimum absolute atomic E-state index is 0.0338. The zero-order valence-corrected chi connectivity index (χ0v) is 29.2. The Bertz CT molecular complexity index is 932. The largest absolute Gasteiger partial charge is 0.497 e. The summed E-state index contributed by atoms with van der Waals surface area (Å²) in [4.78, 5) is 0. The highest BCUT2D eigenvalue weighted by Crippen LogP contribution is 2.23. The third-order valence-electron chi connectivity index (χ3n) is 7.37. The van der Waals surface area contributed by atoms with Crippen LogP contribution in [-0.4, -0.2) is 103 Å².